The maximum absolute atomic E-state index is 12.1. The van der Waals surface area contributed by atoms with E-state index in [1.165, 1.54) is 12.2 Å². The molecule has 3 rings (SSSR count). The van der Waals surface area contributed by atoms with Gasteiger partial charge in [-0.05, 0) is 49.4 Å². The van der Waals surface area contributed by atoms with Gasteiger partial charge in [-0.15, -0.1) is 0 Å². The Bertz CT molecular complexity index is 1010. The molecule has 1 heterocycles. The van der Waals surface area contributed by atoms with E-state index in [2.05, 4.69) is 10.9 Å². The summed E-state index contributed by atoms with van der Waals surface area (Å²) in [6, 6.07) is 13.9. The molecule has 0 spiro atoms. The van der Waals surface area contributed by atoms with Crippen LogP contribution >= 0.6 is 0 Å². The lowest BCUT2D eigenvalue weighted by molar-refractivity contribution is -0.117. The van der Waals surface area contributed by atoms with E-state index in [9.17, 15) is 9.59 Å². The lowest BCUT2D eigenvalue weighted by Gasteiger charge is -2.06. The average Bonchev–Trinajstić information content (AvgIpc) is 3.14. The number of rotatable bonds is 6. The fourth-order valence-electron chi connectivity index (χ4n) is 2.56. The number of nitrogens with one attached hydrogen (secondary N) is 2. The summed E-state index contributed by atoms with van der Waals surface area (Å²) in [4.78, 5) is 24.0. The molecule has 0 saturated carbocycles. The SMILES string of the molecule is CCOc1ccc(C(=O)NNC(=O)/C=C/c2cc3cccc(OC)c3o2)cc1. The molecule has 0 aliphatic carbocycles. The molecule has 0 fully saturated rings. The zero-order valence-corrected chi connectivity index (χ0v) is 15.5. The number of methoxy groups -OCH3 is 1. The van der Waals surface area contributed by atoms with E-state index < -0.39 is 11.8 Å². The van der Waals surface area contributed by atoms with Crippen molar-refractivity contribution in [2.24, 2.45) is 0 Å². The number of carbonyl (C=O) groups excluding carboxylic acids is 2. The van der Waals surface area contributed by atoms with E-state index in [0.29, 0.717) is 35.0 Å². The van der Waals surface area contributed by atoms with Gasteiger partial charge in [0.25, 0.3) is 11.8 Å². The number of furan rings is 1. The number of amides is 2. The second-order valence-corrected chi connectivity index (χ2v) is 5.76. The van der Waals surface area contributed by atoms with Crippen LogP contribution in [0.25, 0.3) is 17.0 Å². The number of fused-ring (bicyclic) bond motifs is 1. The summed E-state index contributed by atoms with van der Waals surface area (Å²) in [5.74, 6) is 0.857. The first-order valence-electron chi connectivity index (χ1n) is 8.68. The van der Waals surface area contributed by atoms with E-state index >= 15 is 0 Å². The van der Waals surface area contributed by atoms with Gasteiger partial charge in [0.2, 0.25) is 0 Å². The van der Waals surface area contributed by atoms with E-state index in [4.69, 9.17) is 13.9 Å². The number of hydrogen-bond acceptors (Lipinski definition) is 5. The van der Waals surface area contributed by atoms with E-state index in [1.54, 1.807) is 43.5 Å². The minimum absolute atomic E-state index is 0.400. The van der Waals surface area contributed by atoms with Crippen LogP contribution in [0, 0.1) is 0 Å². The molecule has 0 aliphatic heterocycles. The lowest BCUT2D eigenvalue weighted by atomic mass is 10.2. The van der Waals surface area contributed by atoms with Crippen molar-refractivity contribution in [3.05, 3.63) is 65.9 Å². The number of carbonyl (C=O) groups is 2. The van der Waals surface area contributed by atoms with Crippen molar-refractivity contribution < 1.29 is 23.5 Å². The fraction of sp³-hybridized carbons (Fsp3) is 0.143. The Hall–Kier alpha value is -3.74. The minimum Gasteiger partial charge on any atom is -0.494 e. The second kappa shape index (κ2) is 8.77. The third-order valence-electron chi connectivity index (χ3n) is 3.87. The zero-order chi connectivity index (χ0) is 19.9. The van der Waals surface area contributed by atoms with Gasteiger partial charge in [0, 0.05) is 17.0 Å². The number of hydrazine groups is 1. The first-order chi connectivity index (χ1) is 13.6. The van der Waals surface area contributed by atoms with Crippen LogP contribution in [0.3, 0.4) is 0 Å². The molecule has 2 aromatic carbocycles. The Kier molecular flexibility index (Phi) is 5.96. The van der Waals surface area contributed by atoms with Crippen molar-refractivity contribution in [1.29, 1.82) is 0 Å². The summed E-state index contributed by atoms with van der Waals surface area (Å²) in [5, 5.41) is 0.864. The number of benzene rings is 2. The number of ether oxygens (including phenoxy) is 2. The summed E-state index contributed by atoms with van der Waals surface area (Å²) < 4.78 is 16.2. The second-order valence-electron chi connectivity index (χ2n) is 5.76. The highest BCUT2D eigenvalue weighted by molar-refractivity contribution is 5.98. The molecular weight excluding hydrogens is 360 g/mol. The summed E-state index contributed by atoms with van der Waals surface area (Å²) in [6.45, 7) is 2.43. The molecule has 3 aromatic rings. The van der Waals surface area contributed by atoms with Gasteiger partial charge >= 0.3 is 0 Å². The predicted octanol–water partition coefficient (Wildman–Crippen LogP) is 3.31. The first-order valence-corrected chi connectivity index (χ1v) is 8.68. The predicted molar refractivity (Wildman–Crippen MR) is 105 cm³/mol. The van der Waals surface area contributed by atoms with E-state index in [0.717, 1.165) is 5.39 Å². The third-order valence-corrected chi connectivity index (χ3v) is 3.87. The first kappa shape index (κ1) is 19.0. The molecule has 144 valence electrons. The van der Waals surface area contributed by atoms with Gasteiger partial charge < -0.3 is 13.9 Å². The highest BCUT2D eigenvalue weighted by Gasteiger charge is 2.08. The molecule has 0 atom stereocenters. The highest BCUT2D eigenvalue weighted by Crippen LogP contribution is 2.28. The Labute approximate surface area is 161 Å². The summed E-state index contributed by atoms with van der Waals surface area (Å²) in [5.41, 5.74) is 5.68. The van der Waals surface area contributed by atoms with Crippen LogP contribution in [-0.2, 0) is 4.79 Å². The van der Waals surface area contributed by atoms with Crippen LogP contribution in [-0.4, -0.2) is 25.5 Å². The maximum Gasteiger partial charge on any atom is 0.269 e. The number of para-hydroxylation sites is 1. The molecule has 2 N–H and O–H groups in total. The summed E-state index contributed by atoms with van der Waals surface area (Å²) in [6.07, 6.45) is 2.78. The van der Waals surface area contributed by atoms with Gasteiger partial charge in [0.05, 0.1) is 13.7 Å². The van der Waals surface area contributed by atoms with Gasteiger partial charge in [0.1, 0.15) is 11.5 Å². The molecule has 0 aliphatic rings. The Morgan fingerprint density at radius 1 is 1.11 bits per heavy atom. The van der Waals surface area contributed by atoms with E-state index in [-0.39, 0.29) is 0 Å². The molecule has 7 nitrogen and oxygen atoms in total. The van der Waals surface area contributed by atoms with Crippen molar-refractivity contribution in [3.63, 3.8) is 0 Å². The van der Waals surface area contributed by atoms with Crippen LogP contribution in [0.5, 0.6) is 11.5 Å². The van der Waals surface area contributed by atoms with Crippen LogP contribution in [0.2, 0.25) is 0 Å². The standard InChI is InChI=1S/C21H20N2O5/c1-3-27-16-9-7-14(8-10-16)21(25)23-22-19(24)12-11-17-13-15-5-4-6-18(26-2)20(15)28-17/h4-13H,3H2,1-2H3,(H,22,24)(H,23,25)/b12-11+. The lowest BCUT2D eigenvalue weighted by Crippen LogP contribution is -2.40. The van der Waals surface area contributed by atoms with Crippen LogP contribution in [0.1, 0.15) is 23.0 Å². The van der Waals surface area contributed by atoms with Crippen LogP contribution in [0.15, 0.2) is 59.0 Å². The normalized spacial score (nSPS) is 10.8. The van der Waals surface area contributed by atoms with Crippen molar-refractivity contribution in [3.8, 4) is 11.5 Å². The van der Waals surface area contributed by atoms with E-state index in [1.807, 2.05) is 19.1 Å². The molecule has 2 amide bonds. The van der Waals surface area contributed by atoms with Crippen molar-refractivity contribution in [2.75, 3.05) is 13.7 Å². The molecule has 0 unspecified atom stereocenters. The molecule has 0 saturated heterocycles. The summed E-state index contributed by atoms with van der Waals surface area (Å²) in [7, 11) is 1.56. The van der Waals surface area contributed by atoms with Gasteiger partial charge in [-0.1, -0.05) is 12.1 Å². The summed E-state index contributed by atoms with van der Waals surface area (Å²) >= 11 is 0. The van der Waals surface area contributed by atoms with Crippen LogP contribution in [0.4, 0.5) is 0 Å². The Morgan fingerprint density at radius 2 is 1.89 bits per heavy atom. The quantitative estimate of drug-likeness (QED) is 0.506. The largest absolute Gasteiger partial charge is 0.494 e. The molecule has 0 radical (unpaired) electrons. The van der Waals surface area contributed by atoms with Crippen molar-refractivity contribution in [2.45, 2.75) is 6.92 Å². The van der Waals surface area contributed by atoms with Gasteiger partial charge in [-0.25, -0.2) is 0 Å². The van der Waals surface area contributed by atoms with Gasteiger partial charge in [-0.3, -0.25) is 20.4 Å². The van der Waals surface area contributed by atoms with Gasteiger partial charge in [-0.2, -0.15) is 0 Å². The third kappa shape index (κ3) is 4.50. The molecule has 7 heteroatoms. The number of hydrogen-bond donors (Lipinski definition) is 2. The Balaban J connectivity index is 1.57. The van der Waals surface area contributed by atoms with Crippen LogP contribution < -0.4 is 20.3 Å². The maximum atomic E-state index is 12.1. The fourth-order valence-corrected chi connectivity index (χ4v) is 2.56. The average molecular weight is 380 g/mol. The highest BCUT2D eigenvalue weighted by atomic mass is 16.5. The molecular formula is C21H20N2O5. The van der Waals surface area contributed by atoms with Gasteiger partial charge in [0.15, 0.2) is 11.3 Å². The van der Waals surface area contributed by atoms with Crippen molar-refractivity contribution >= 4 is 28.9 Å². The molecule has 0 bridgehead atoms. The Morgan fingerprint density at radius 3 is 2.61 bits per heavy atom. The smallest absolute Gasteiger partial charge is 0.269 e. The molecule has 28 heavy (non-hydrogen) atoms. The monoisotopic (exact) mass is 380 g/mol. The topological polar surface area (TPSA) is 89.8 Å². The minimum atomic E-state index is -0.494. The van der Waals surface area contributed by atoms with Crippen molar-refractivity contribution in [1.82, 2.24) is 10.9 Å². The zero-order valence-electron chi connectivity index (χ0n) is 15.5. The molecule has 1 aromatic heterocycles.